The number of likely N-dealkylation sites (tertiary alicyclic amines) is 3. The Hall–Kier alpha value is -2.84. The minimum absolute atomic E-state index is 0.197. The highest BCUT2D eigenvalue weighted by Crippen LogP contribution is 2.60. The molecule has 0 aromatic carbocycles. The summed E-state index contributed by atoms with van der Waals surface area (Å²) in [6.07, 6.45) is 1.53. The molecule has 0 aromatic heterocycles. The molecule has 6 aliphatic rings. The van der Waals surface area contributed by atoms with Gasteiger partial charge in [-0.05, 0) is 37.5 Å². The summed E-state index contributed by atoms with van der Waals surface area (Å²) in [7, 11) is 4.49. The first kappa shape index (κ1) is 19.8. The molecule has 0 spiro atoms. The Morgan fingerprint density at radius 1 is 0.469 bits per heavy atom. The fourth-order valence-corrected chi connectivity index (χ4v) is 7.67. The Kier molecular flexibility index (Phi) is 3.80. The lowest BCUT2D eigenvalue weighted by molar-refractivity contribution is -0.140. The summed E-state index contributed by atoms with van der Waals surface area (Å²) >= 11 is 0. The van der Waals surface area contributed by atoms with Gasteiger partial charge in [-0.2, -0.15) is 0 Å². The van der Waals surface area contributed by atoms with Crippen molar-refractivity contribution in [3.63, 3.8) is 0 Å². The van der Waals surface area contributed by atoms with Crippen LogP contribution in [-0.2, 0) is 28.8 Å². The molecule has 3 saturated heterocycles. The lowest BCUT2D eigenvalue weighted by Crippen LogP contribution is -2.46. The molecule has 3 heterocycles. The van der Waals surface area contributed by atoms with E-state index in [1.54, 1.807) is 0 Å². The number of rotatable bonds is 0. The van der Waals surface area contributed by atoms with E-state index in [0.29, 0.717) is 25.7 Å². The van der Waals surface area contributed by atoms with Crippen molar-refractivity contribution in [3.05, 3.63) is 11.1 Å². The number of nitrogens with zero attached hydrogens (tertiary/aromatic N) is 3. The molecule has 3 aliphatic carbocycles. The fraction of sp³-hybridized carbons (Fsp3) is 0.652. The van der Waals surface area contributed by atoms with Gasteiger partial charge in [0, 0.05) is 21.1 Å². The van der Waals surface area contributed by atoms with Gasteiger partial charge in [0.1, 0.15) is 0 Å². The van der Waals surface area contributed by atoms with E-state index in [4.69, 9.17) is 0 Å². The van der Waals surface area contributed by atoms with Gasteiger partial charge < -0.3 is 0 Å². The summed E-state index contributed by atoms with van der Waals surface area (Å²) in [6, 6.07) is 0. The summed E-state index contributed by atoms with van der Waals surface area (Å²) in [6.45, 7) is 0. The van der Waals surface area contributed by atoms with E-state index in [9.17, 15) is 28.8 Å². The van der Waals surface area contributed by atoms with Crippen LogP contribution in [0.2, 0.25) is 0 Å². The molecule has 0 aromatic rings. The van der Waals surface area contributed by atoms with E-state index in [1.165, 1.54) is 35.8 Å². The Morgan fingerprint density at radius 3 is 1.16 bits per heavy atom. The van der Waals surface area contributed by atoms with Crippen LogP contribution in [0, 0.1) is 47.3 Å². The molecule has 9 nitrogen and oxygen atoms in total. The van der Waals surface area contributed by atoms with Crippen LogP contribution in [-0.4, -0.2) is 71.3 Å². The van der Waals surface area contributed by atoms with Crippen LogP contribution in [0.1, 0.15) is 25.7 Å². The highest BCUT2D eigenvalue weighted by molar-refractivity contribution is 6.08. The van der Waals surface area contributed by atoms with Crippen LogP contribution >= 0.6 is 0 Å². The first-order chi connectivity index (χ1) is 15.1. The minimum Gasteiger partial charge on any atom is -0.285 e. The van der Waals surface area contributed by atoms with Gasteiger partial charge in [-0.3, -0.25) is 43.5 Å². The number of hydrogen-bond donors (Lipinski definition) is 0. The molecule has 0 unspecified atom stereocenters. The average molecular weight is 439 g/mol. The quantitative estimate of drug-likeness (QED) is 0.382. The second-order valence-corrected chi connectivity index (χ2v) is 10.3. The number of carbonyl (C=O) groups excluding carboxylic acids is 6. The first-order valence-electron chi connectivity index (χ1n) is 11.3. The predicted molar refractivity (Wildman–Crippen MR) is 107 cm³/mol. The molecule has 5 fully saturated rings. The smallest absolute Gasteiger partial charge is 0.233 e. The van der Waals surface area contributed by atoms with Crippen molar-refractivity contribution in [2.75, 3.05) is 21.1 Å². The summed E-state index contributed by atoms with van der Waals surface area (Å²) in [5.74, 6) is -4.81. The largest absolute Gasteiger partial charge is 0.285 e. The van der Waals surface area contributed by atoms with Crippen molar-refractivity contribution in [2.45, 2.75) is 25.7 Å². The van der Waals surface area contributed by atoms with Crippen LogP contribution in [0.15, 0.2) is 11.1 Å². The summed E-state index contributed by atoms with van der Waals surface area (Å²) < 4.78 is 0. The van der Waals surface area contributed by atoms with Gasteiger partial charge in [-0.15, -0.1) is 0 Å². The maximum absolute atomic E-state index is 13.2. The second kappa shape index (κ2) is 6.14. The lowest BCUT2D eigenvalue weighted by Gasteiger charge is -2.47. The van der Waals surface area contributed by atoms with Crippen molar-refractivity contribution in [1.82, 2.24) is 14.7 Å². The average Bonchev–Trinajstić information content (AvgIpc) is 3.24. The summed E-state index contributed by atoms with van der Waals surface area (Å²) in [5, 5.41) is 0. The molecule has 3 aliphatic heterocycles. The van der Waals surface area contributed by atoms with Crippen molar-refractivity contribution >= 4 is 35.4 Å². The Bertz CT molecular complexity index is 996. The normalized spacial score (nSPS) is 43.0. The predicted octanol–water partition coefficient (Wildman–Crippen LogP) is -0.190. The zero-order valence-electron chi connectivity index (χ0n) is 18.2. The standard InChI is InChI=1S/C23H25N3O6/c1-24-18(27)12-4-8-9-5-13-15(21(30)25(2)19(13)28)7-11(9)17-16(22(31)26(3)23(17)32)10(8)6-14(12)20(24)29/h10-17H,4-7H2,1-3H3/t10-,11+,12-,13-,14+,15+,16-,17+/m0/s1. The van der Waals surface area contributed by atoms with Gasteiger partial charge in [-0.25, -0.2) is 0 Å². The third-order valence-corrected chi connectivity index (χ3v) is 9.25. The third-order valence-electron chi connectivity index (χ3n) is 9.25. The van der Waals surface area contributed by atoms with Crippen LogP contribution < -0.4 is 0 Å². The van der Waals surface area contributed by atoms with E-state index in [-0.39, 0.29) is 47.3 Å². The monoisotopic (exact) mass is 439 g/mol. The second-order valence-electron chi connectivity index (χ2n) is 10.3. The van der Waals surface area contributed by atoms with Crippen LogP contribution in [0.4, 0.5) is 0 Å². The number of imide groups is 3. The van der Waals surface area contributed by atoms with Crippen LogP contribution in [0.25, 0.3) is 0 Å². The fourth-order valence-electron chi connectivity index (χ4n) is 7.67. The highest BCUT2D eigenvalue weighted by atomic mass is 16.2. The van der Waals surface area contributed by atoms with E-state index in [1.807, 2.05) is 0 Å². The Morgan fingerprint density at radius 2 is 0.781 bits per heavy atom. The molecule has 0 N–H and O–H groups in total. The van der Waals surface area contributed by atoms with Gasteiger partial charge in [-0.1, -0.05) is 11.1 Å². The van der Waals surface area contributed by atoms with Gasteiger partial charge in [0.25, 0.3) is 0 Å². The Balaban J connectivity index is 1.49. The van der Waals surface area contributed by atoms with Gasteiger partial charge >= 0.3 is 0 Å². The molecule has 0 bridgehead atoms. The van der Waals surface area contributed by atoms with Crippen molar-refractivity contribution in [3.8, 4) is 0 Å². The number of allylic oxidation sites excluding steroid dienone is 2. The van der Waals surface area contributed by atoms with Crippen molar-refractivity contribution in [2.24, 2.45) is 47.3 Å². The molecule has 6 amide bonds. The molecule has 9 heteroatoms. The molecule has 32 heavy (non-hydrogen) atoms. The summed E-state index contributed by atoms with van der Waals surface area (Å²) in [4.78, 5) is 80.8. The zero-order chi connectivity index (χ0) is 22.8. The zero-order valence-corrected chi connectivity index (χ0v) is 18.2. The van der Waals surface area contributed by atoms with E-state index < -0.39 is 35.5 Å². The molecule has 168 valence electrons. The maximum atomic E-state index is 13.2. The topological polar surface area (TPSA) is 112 Å². The van der Waals surface area contributed by atoms with Crippen molar-refractivity contribution in [1.29, 1.82) is 0 Å². The number of amides is 6. The van der Waals surface area contributed by atoms with Gasteiger partial charge in [0.2, 0.25) is 35.4 Å². The molecular formula is C23H25N3O6. The maximum Gasteiger partial charge on any atom is 0.233 e. The number of carbonyl (C=O) groups is 6. The van der Waals surface area contributed by atoms with E-state index >= 15 is 0 Å². The molecule has 2 saturated carbocycles. The van der Waals surface area contributed by atoms with E-state index in [2.05, 4.69) is 0 Å². The van der Waals surface area contributed by atoms with E-state index in [0.717, 1.165) is 11.1 Å². The van der Waals surface area contributed by atoms with Gasteiger partial charge in [0.15, 0.2) is 0 Å². The van der Waals surface area contributed by atoms with Crippen LogP contribution in [0.3, 0.4) is 0 Å². The Labute approximate surface area is 184 Å². The number of fused-ring (bicyclic) bond motifs is 7. The lowest BCUT2D eigenvalue weighted by atomic mass is 9.53. The molecule has 6 rings (SSSR count). The molecule has 0 radical (unpaired) electrons. The molecule has 8 atom stereocenters. The number of hydrogen-bond acceptors (Lipinski definition) is 6. The van der Waals surface area contributed by atoms with Crippen molar-refractivity contribution < 1.29 is 28.8 Å². The summed E-state index contributed by atoms with van der Waals surface area (Å²) in [5.41, 5.74) is 1.97. The SMILES string of the molecule is CN1C(=O)[C@@H]2[C@H](C1=O)[C@@H]1C[C@H]3C(=O)N(C)C(=O)[C@H]3CC1=C1C[C@@H]3C(=O)N(C)C(=O)[C@@H]3C[C@@H]12. The van der Waals surface area contributed by atoms with Crippen LogP contribution in [0.5, 0.6) is 0 Å². The highest BCUT2D eigenvalue weighted by Gasteiger charge is 2.64. The minimum atomic E-state index is -0.563. The molecular weight excluding hydrogens is 414 g/mol. The first-order valence-corrected chi connectivity index (χ1v) is 11.3. The third kappa shape index (κ3) is 2.14. The van der Waals surface area contributed by atoms with Gasteiger partial charge in [0.05, 0.1) is 35.5 Å².